The highest BCUT2D eigenvalue weighted by molar-refractivity contribution is 7.08. The highest BCUT2D eigenvalue weighted by Crippen LogP contribution is 2.23. The number of hydrogen-bond donors (Lipinski definition) is 0. The third kappa shape index (κ3) is 2.82. The first-order valence-corrected chi connectivity index (χ1v) is 7.70. The predicted octanol–water partition coefficient (Wildman–Crippen LogP) is 4.40. The van der Waals surface area contributed by atoms with Gasteiger partial charge in [-0.15, -0.1) is 0 Å². The van der Waals surface area contributed by atoms with E-state index in [1.54, 1.807) is 11.3 Å². The fourth-order valence-corrected chi connectivity index (χ4v) is 3.27. The average Bonchev–Trinajstić information content (AvgIpc) is 2.95. The van der Waals surface area contributed by atoms with Crippen LogP contribution in [0.1, 0.15) is 24.8 Å². The first-order valence-electron chi connectivity index (χ1n) is 6.76. The summed E-state index contributed by atoms with van der Waals surface area (Å²) in [6.07, 6.45) is 4.15. The van der Waals surface area contributed by atoms with Crippen LogP contribution in [0.5, 0.6) is 0 Å². The lowest BCUT2D eigenvalue weighted by molar-refractivity contribution is 0.221. The molecular formula is C16H19NS. The van der Waals surface area contributed by atoms with E-state index in [2.05, 4.69) is 46.0 Å². The van der Waals surface area contributed by atoms with E-state index in [9.17, 15) is 0 Å². The third-order valence-corrected chi connectivity index (χ3v) is 4.35. The molecule has 94 valence electrons. The molecule has 0 unspecified atom stereocenters. The van der Waals surface area contributed by atoms with Crippen molar-refractivity contribution in [3.05, 3.63) is 46.7 Å². The molecule has 2 heteroatoms. The van der Waals surface area contributed by atoms with E-state index < -0.39 is 0 Å². The maximum absolute atomic E-state index is 2.57. The Hall–Kier alpha value is -1.12. The Bertz CT molecular complexity index is 466. The Labute approximate surface area is 113 Å². The van der Waals surface area contributed by atoms with Crippen LogP contribution in [0.4, 0.5) is 0 Å². The van der Waals surface area contributed by atoms with Crippen molar-refractivity contribution < 1.29 is 0 Å². The van der Waals surface area contributed by atoms with Crippen LogP contribution in [-0.4, -0.2) is 18.0 Å². The first-order chi connectivity index (χ1) is 8.92. The second-order valence-corrected chi connectivity index (χ2v) is 5.83. The summed E-state index contributed by atoms with van der Waals surface area (Å²) >= 11 is 1.76. The molecule has 18 heavy (non-hydrogen) atoms. The van der Waals surface area contributed by atoms with E-state index in [1.807, 2.05) is 0 Å². The second kappa shape index (κ2) is 5.68. The van der Waals surface area contributed by atoms with Gasteiger partial charge in [0.1, 0.15) is 0 Å². The van der Waals surface area contributed by atoms with E-state index in [1.165, 1.54) is 49.0 Å². The Morgan fingerprint density at radius 3 is 2.33 bits per heavy atom. The van der Waals surface area contributed by atoms with Crippen molar-refractivity contribution in [2.45, 2.75) is 25.8 Å². The summed E-state index contributed by atoms with van der Waals surface area (Å²) in [5, 5.41) is 4.34. The van der Waals surface area contributed by atoms with Crippen molar-refractivity contribution >= 4 is 11.3 Å². The molecule has 1 saturated heterocycles. The van der Waals surface area contributed by atoms with Crippen LogP contribution >= 0.6 is 11.3 Å². The zero-order chi connectivity index (χ0) is 12.2. The van der Waals surface area contributed by atoms with E-state index in [4.69, 9.17) is 0 Å². The van der Waals surface area contributed by atoms with Gasteiger partial charge in [0.25, 0.3) is 0 Å². The van der Waals surface area contributed by atoms with Gasteiger partial charge in [-0.05, 0) is 59.4 Å². The molecule has 0 amide bonds. The van der Waals surface area contributed by atoms with E-state index in [-0.39, 0.29) is 0 Å². The number of hydrogen-bond acceptors (Lipinski definition) is 2. The van der Waals surface area contributed by atoms with Crippen LogP contribution in [0.15, 0.2) is 41.1 Å². The van der Waals surface area contributed by atoms with Crippen molar-refractivity contribution in [2.75, 3.05) is 13.1 Å². The van der Waals surface area contributed by atoms with Gasteiger partial charge < -0.3 is 0 Å². The molecule has 0 atom stereocenters. The summed E-state index contributed by atoms with van der Waals surface area (Å²) in [7, 11) is 0. The van der Waals surface area contributed by atoms with Crippen molar-refractivity contribution in [3.8, 4) is 11.1 Å². The Morgan fingerprint density at radius 1 is 0.889 bits per heavy atom. The van der Waals surface area contributed by atoms with Gasteiger partial charge in [0, 0.05) is 6.54 Å². The van der Waals surface area contributed by atoms with Gasteiger partial charge in [-0.25, -0.2) is 0 Å². The monoisotopic (exact) mass is 257 g/mol. The lowest BCUT2D eigenvalue weighted by Gasteiger charge is -2.26. The predicted molar refractivity (Wildman–Crippen MR) is 78.9 cm³/mol. The van der Waals surface area contributed by atoms with Gasteiger partial charge >= 0.3 is 0 Å². The van der Waals surface area contributed by atoms with Crippen LogP contribution in [0.2, 0.25) is 0 Å². The van der Waals surface area contributed by atoms with E-state index in [0.29, 0.717) is 0 Å². The normalized spacial score (nSPS) is 16.9. The molecule has 1 aromatic carbocycles. The topological polar surface area (TPSA) is 3.24 Å². The zero-order valence-electron chi connectivity index (χ0n) is 10.6. The first kappa shape index (κ1) is 11.9. The van der Waals surface area contributed by atoms with Gasteiger partial charge in [-0.1, -0.05) is 30.7 Å². The highest BCUT2D eigenvalue weighted by atomic mass is 32.1. The summed E-state index contributed by atoms with van der Waals surface area (Å²) in [6.45, 7) is 3.66. The van der Waals surface area contributed by atoms with Crippen molar-refractivity contribution in [1.29, 1.82) is 0 Å². The van der Waals surface area contributed by atoms with Gasteiger partial charge in [0.15, 0.2) is 0 Å². The van der Waals surface area contributed by atoms with Crippen LogP contribution < -0.4 is 0 Å². The number of benzene rings is 1. The van der Waals surface area contributed by atoms with Crippen LogP contribution in [0.3, 0.4) is 0 Å². The molecule has 1 nitrogen and oxygen atoms in total. The number of piperidine rings is 1. The maximum Gasteiger partial charge on any atom is 0.0233 e. The van der Waals surface area contributed by atoms with Crippen molar-refractivity contribution in [3.63, 3.8) is 0 Å². The molecule has 0 bridgehead atoms. The lowest BCUT2D eigenvalue weighted by atomic mass is 10.1. The van der Waals surface area contributed by atoms with Gasteiger partial charge in [0.2, 0.25) is 0 Å². The molecule has 0 saturated carbocycles. The van der Waals surface area contributed by atoms with Gasteiger partial charge in [-0.2, -0.15) is 11.3 Å². The Morgan fingerprint density at radius 2 is 1.67 bits per heavy atom. The molecule has 2 heterocycles. The minimum absolute atomic E-state index is 1.11. The molecule has 1 aliphatic heterocycles. The second-order valence-electron chi connectivity index (χ2n) is 5.05. The smallest absolute Gasteiger partial charge is 0.0233 e. The zero-order valence-corrected chi connectivity index (χ0v) is 11.5. The molecule has 2 aromatic rings. The summed E-state index contributed by atoms with van der Waals surface area (Å²) in [5.74, 6) is 0. The molecule has 0 N–H and O–H groups in total. The third-order valence-electron chi connectivity index (χ3n) is 3.66. The summed E-state index contributed by atoms with van der Waals surface area (Å²) < 4.78 is 0. The molecule has 0 radical (unpaired) electrons. The van der Waals surface area contributed by atoms with Crippen molar-refractivity contribution in [1.82, 2.24) is 4.90 Å². The summed E-state index contributed by atoms with van der Waals surface area (Å²) in [5.41, 5.74) is 4.11. The highest BCUT2D eigenvalue weighted by Gasteiger charge is 2.10. The minimum atomic E-state index is 1.11. The molecule has 0 aliphatic carbocycles. The van der Waals surface area contributed by atoms with Crippen LogP contribution in [0.25, 0.3) is 11.1 Å². The number of rotatable bonds is 3. The summed E-state index contributed by atoms with van der Waals surface area (Å²) in [4.78, 5) is 2.57. The number of thiophene rings is 1. The molecule has 1 aliphatic rings. The standard InChI is InChI=1S/C16H19NS/c1-2-9-17(10-3-1)12-14-4-6-15(7-5-14)16-8-11-18-13-16/h4-8,11,13H,1-3,9-10,12H2. The molecule has 0 spiro atoms. The van der Waals surface area contributed by atoms with Gasteiger partial charge in [0.05, 0.1) is 0 Å². The van der Waals surface area contributed by atoms with Crippen molar-refractivity contribution in [2.24, 2.45) is 0 Å². The lowest BCUT2D eigenvalue weighted by Crippen LogP contribution is -2.28. The molecule has 3 rings (SSSR count). The van der Waals surface area contributed by atoms with Crippen LogP contribution in [0, 0.1) is 0 Å². The molecular weight excluding hydrogens is 238 g/mol. The SMILES string of the molecule is c1cc(-c2ccc(CN3CCCCC3)cc2)cs1. The maximum atomic E-state index is 2.57. The number of likely N-dealkylation sites (tertiary alicyclic amines) is 1. The fraction of sp³-hybridized carbons (Fsp3) is 0.375. The molecule has 1 aromatic heterocycles. The fourth-order valence-electron chi connectivity index (χ4n) is 2.61. The molecule has 1 fully saturated rings. The number of nitrogens with zero attached hydrogens (tertiary/aromatic N) is 1. The largest absolute Gasteiger partial charge is 0.299 e. The Balaban J connectivity index is 1.67. The quantitative estimate of drug-likeness (QED) is 0.787. The van der Waals surface area contributed by atoms with Gasteiger partial charge in [-0.3, -0.25) is 4.90 Å². The summed E-state index contributed by atoms with van der Waals surface area (Å²) in [6, 6.07) is 11.2. The van der Waals surface area contributed by atoms with Crippen LogP contribution in [-0.2, 0) is 6.54 Å². The average molecular weight is 257 g/mol. The Kier molecular flexibility index (Phi) is 3.77. The van der Waals surface area contributed by atoms with E-state index >= 15 is 0 Å². The minimum Gasteiger partial charge on any atom is -0.299 e. The van der Waals surface area contributed by atoms with E-state index in [0.717, 1.165) is 6.54 Å².